The molecule has 3 N–H and O–H groups in total. The molecule has 0 radical (unpaired) electrons. The van der Waals surface area contributed by atoms with Crippen LogP contribution >= 0.6 is 11.3 Å². The minimum absolute atomic E-state index is 0.285. The lowest BCUT2D eigenvalue weighted by Gasteiger charge is -2.08. The summed E-state index contributed by atoms with van der Waals surface area (Å²) in [6.07, 6.45) is 0. The summed E-state index contributed by atoms with van der Waals surface area (Å²) in [6, 6.07) is 16.5. The summed E-state index contributed by atoms with van der Waals surface area (Å²) < 4.78 is 0. The van der Waals surface area contributed by atoms with Crippen LogP contribution in [0.25, 0.3) is 21.0 Å². The highest BCUT2D eigenvalue weighted by Gasteiger charge is 2.07. The lowest BCUT2D eigenvalue weighted by molar-refractivity contribution is 1.25. The molecule has 4 aromatic rings. The van der Waals surface area contributed by atoms with Crippen LogP contribution < -0.4 is 11.1 Å². The van der Waals surface area contributed by atoms with E-state index in [1.54, 1.807) is 11.3 Å². The molecule has 0 aliphatic carbocycles. The molecule has 2 aromatic carbocycles. The number of anilines is 3. The quantitative estimate of drug-likeness (QED) is 0.582. The molecule has 0 aliphatic heterocycles. The molecular formula is C16H12N4S. The molecule has 21 heavy (non-hydrogen) atoms. The number of thiophene rings is 1. The molecule has 4 rings (SSSR count). The maximum Gasteiger partial charge on any atom is 0.223 e. The van der Waals surface area contributed by atoms with Crippen molar-refractivity contribution in [2.75, 3.05) is 11.1 Å². The fraction of sp³-hybridized carbons (Fsp3) is 0. The molecule has 102 valence electrons. The van der Waals surface area contributed by atoms with Gasteiger partial charge in [-0.1, -0.05) is 30.3 Å². The topological polar surface area (TPSA) is 63.8 Å². The van der Waals surface area contributed by atoms with Crippen molar-refractivity contribution < 1.29 is 0 Å². The standard InChI is InChI=1S/C16H12N4S/c17-16-19-14(13-7-8-21-15(13)20-16)18-12-6-5-10-3-1-2-4-11(10)9-12/h1-9H,(H3,17,18,19,20). The van der Waals surface area contributed by atoms with Gasteiger partial charge in [-0.2, -0.15) is 4.98 Å². The van der Waals surface area contributed by atoms with Gasteiger partial charge in [0, 0.05) is 5.69 Å². The average Bonchev–Trinajstić information content (AvgIpc) is 2.95. The first kappa shape index (κ1) is 12.1. The fourth-order valence-corrected chi connectivity index (χ4v) is 3.14. The van der Waals surface area contributed by atoms with Gasteiger partial charge in [-0.3, -0.25) is 0 Å². The second-order valence-electron chi connectivity index (χ2n) is 4.76. The van der Waals surface area contributed by atoms with Crippen LogP contribution in [0.2, 0.25) is 0 Å². The molecule has 2 aromatic heterocycles. The molecule has 4 nitrogen and oxygen atoms in total. The van der Waals surface area contributed by atoms with Crippen molar-refractivity contribution in [3.63, 3.8) is 0 Å². The van der Waals surface area contributed by atoms with E-state index in [1.165, 1.54) is 10.8 Å². The number of fused-ring (bicyclic) bond motifs is 2. The zero-order chi connectivity index (χ0) is 14.2. The molecule has 0 bridgehead atoms. The van der Waals surface area contributed by atoms with Crippen LogP contribution in [0.3, 0.4) is 0 Å². The van der Waals surface area contributed by atoms with Crippen LogP contribution in [-0.2, 0) is 0 Å². The van der Waals surface area contributed by atoms with Crippen molar-refractivity contribution in [3.8, 4) is 0 Å². The van der Waals surface area contributed by atoms with Crippen LogP contribution in [0.15, 0.2) is 53.9 Å². The molecule has 0 unspecified atom stereocenters. The Morgan fingerprint density at radius 3 is 2.71 bits per heavy atom. The SMILES string of the molecule is Nc1nc(Nc2ccc3ccccc3c2)c2ccsc2n1. The Kier molecular flexibility index (Phi) is 2.72. The molecule has 2 heterocycles. The van der Waals surface area contributed by atoms with Crippen LogP contribution in [-0.4, -0.2) is 9.97 Å². The number of rotatable bonds is 2. The van der Waals surface area contributed by atoms with Gasteiger partial charge in [0.25, 0.3) is 0 Å². The van der Waals surface area contributed by atoms with E-state index in [4.69, 9.17) is 5.73 Å². The van der Waals surface area contributed by atoms with Gasteiger partial charge in [-0.05, 0) is 34.4 Å². The minimum Gasteiger partial charge on any atom is -0.368 e. The third-order valence-corrected chi connectivity index (χ3v) is 4.16. The van der Waals surface area contributed by atoms with Crippen LogP contribution in [0, 0.1) is 0 Å². The van der Waals surface area contributed by atoms with E-state index >= 15 is 0 Å². The zero-order valence-corrected chi connectivity index (χ0v) is 11.9. The highest BCUT2D eigenvalue weighted by Crippen LogP contribution is 2.29. The maximum absolute atomic E-state index is 5.77. The summed E-state index contributed by atoms with van der Waals surface area (Å²) in [5, 5.41) is 8.72. The summed E-state index contributed by atoms with van der Waals surface area (Å²) in [6.45, 7) is 0. The first-order valence-electron chi connectivity index (χ1n) is 6.56. The van der Waals surface area contributed by atoms with Gasteiger partial charge < -0.3 is 11.1 Å². The van der Waals surface area contributed by atoms with E-state index < -0.39 is 0 Å². The number of hydrogen-bond acceptors (Lipinski definition) is 5. The summed E-state index contributed by atoms with van der Waals surface area (Å²) in [5.74, 6) is 1.03. The van der Waals surface area contributed by atoms with E-state index in [1.807, 2.05) is 29.6 Å². The summed E-state index contributed by atoms with van der Waals surface area (Å²) in [7, 11) is 0. The third-order valence-electron chi connectivity index (χ3n) is 3.35. The number of hydrogen-bond donors (Lipinski definition) is 2. The first-order chi connectivity index (χ1) is 10.3. The van der Waals surface area contributed by atoms with E-state index in [9.17, 15) is 0 Å². The Balaban J connectivity index is 1.80. The minimum atomic E-state index is 0.285. The number of benzene rings is 2. The van der Waals surface area contributed by atoms with Gasteiger partial charge in [0.2, 0.25) is 5.95 Å². The summed E-state index contributed by atoms with van der Waals surface area (Å²) in [5.41, 5.74) is 6.76. The number of aromatic nitrogens is 2. The lowest BCUT2D eigenvalue weighted by atomic mass is 10.1. The Morgan fingerprint density at radius 1 is 0.952 bits per heavy atom. The second kappa shape index (κ2) is 4.71. The fourth-order valence-electron chi connectivity index (χ4n) is 2.37. The summed E-state index contributed by atoms with van der Waals surface area (Å²) in [4.78, 5) is 9.44. The first-order valence-corrected chi connectivity index (χ1v) is 7.44. The van der Waals surface area contributed by atoms with Gasteiger partial charge in [0.05, 0.1) is 5.39 Å². The molecular weight excluding hydrogens is 280 g/mol. The smallest absolute Gasteiger partial charge is 0.223 e. The van der Waals surface area contributed by atoms with Gasteiger partial charge in [0.15, 0.2) is 0 Å². The monoisotopic (exact) mass is 292 g/mol. The van der Waals surface area contributed by atoms with Gasteiger partial charge >= 0.3 is 0 Å². The maximum atomic E-state index is 5.77. The van der Waals surface area contributed by atoms with Crippen molar-refractivity contribution in [2.24, 2.45) is 0 Å². The third kappa shape index (κ3) is 2.17. The van der Waals surface area contributed by atoms with Crippen molar-refractivity contribution in [1.29, 1.82) is 0 Å². The molecule has 0 saturated carbocycles. The Bertz CT molecular complexity index is 945. The molecule has 0 spiro atoms. The number of nitrogen functional groups attached to an aromatic ring is 1. The van der Waals surface area contributed by atoms with Crippen LogP contribution in [0.1, 0.15) is 0 Å². The molecule has 0 fully saturated rings. The van der Waals surface area contributed by atoms with Crippen molar-refractivity contribution >= 4 is 49.8 Å². The van der Waals surface area contributed by atoms with Crippen LogP contribution in [0.4, 0.5) is 17.5 Å². The molecule has 0 saturated heterocycles. The van der Waals surface area contributed by atoms with Crippen molar-refractivity contribution in [3.05, 3.63) is 53.9 Å². The van der Waals surface area contributed by atoms with E-state index in [-0.39, 0.29) is 5.95 Å². The zero-order valence-electron chi connectivity index (χ0n) is 11.1. The predicted molar refractivity (Wildman–Crippen MR) is 89.1 cm³/mol. The van der Waals surface area contributed by atoms with E-state index in [0.29, 0.717) is 0 Å². The van der Waals surface area contributed by atoms with Crippen LogP contribution in [0.5, 0.6) is 0 Å². The lowest BCUT2D eigenvalue weighted by Crippen LogP contribution is -2.00. The Morgan fingerprint density at radius 2 is 1.81 bits per heavy atom. The highest BCUT2D eigenvalue weighted by molar-refractivity contribution is 7.16. The number of nitrogens with two attached hydrogens (primary N) is 1. The van der Waals surface area contributed by atoms with E-state index in [2.05, 4.69) is 39.6 Å². The summed E-state index contributed by atoms with van der Waals surface area (Å²) >= 11 is 1.56. The molecule has 0 amide bonds. The van der Waals surface area contributed by atoms with Gasteiger partial charge in [0.1, 0.15) is 10.6 Å². The van der Waals surface area contributed by atoms with Gasteiger partial charge in [-0.15, -0.1) is 11.3 Å². The Hall–Kier alpha value is -2.66. The number of nitrogens with one attached hydrogen (secondary N) is 1. The second-order valence-corrected chi connectivity index (χ2v) is 5.65. The predicted octanol–water partition coefficient (Wildman–Crippen LogP) is 4.17. The van der Waals surface area contributed by atoms with Crippen molar-refractivity contribution in [2.45, 2.75) is 0 Å². The Labute approximate surface area is 125 Å². The average molecular weight is 292 g/mol. The molecule has 0 aliphatic rings. The number of nitrogens with zero attached hydrogens (tertiary/aromatic N) is 2. The van der Waals surface area contributed by atoms with Crippen molar-refractivity contribution in [1.82, 2.24) is 9.97 Å². The normalized spacial score (nSPS) is 11.0. The van der Waals surface area contributed by atoms with E-state index in [0.717, 1.165) is 21.7 Å². The highest BCUT2D eigenvalue weighted by atomic mass is 32.1. The molecule has 5 heteroatoms. The van der Waals surface area contributed by atoms with Gasteiger partial charge in [-0.25, -0.2) is 4.98 Å². The largest absolute Gasteiger partial charge is 0.368 e. The molecule has 0 atom stereocenters.